The minimum Gasteiger partial charge on any atom is -0.340 e. The van der Waals surface area contributed by atoms with E-state index in [-0.39, 0.29) is 24.9 Å². The highest BCUT2D eigenvalue weighted by atomic mass is 19.4. The van der Waals surface area contributed by atoms with E-state index in [0.717, 1.165) is 11.1 Å². The number of hydrogen-bond acceptors (Lipinski definition) is 2. The van der Waals surface area contributed by atoms with Crippen LogP contribution in [0.1, 0.15) is 17.0 Å². The fraction of sp³-hybridized carbons (Fsp3) is 0.381. The van der Waals surface area contributed by atoms with E-state index in [1.54, 1.807) is 4.90 Å². The molecule has 1 atom stereocenters. The van der Waals surface area contributed by atoms with Gasteiger partial charge in [0.1, 0.15) is 0 Å². The van der Waals surface area contributed by atoms with Crippen molar-refractivity contribution in [3.05, 3.63) is 71.8 Å². The van der Waals surface area contributed by atoms with Gasteiger partial charge < -0.3 is 4.90 Å². The molecule has 0 aromatic heterocycles. The van der Waals surface area contributed by atoms with Crippen LogP contribution >= 0.6 is 0 Å². The van der Waals surface area contributed by atoms with E-state index in [4.69, 9.17) is 0 Å². The van der Waals surface area contributed by atoms with Crippen LogP contribution < -0.4 is 0 Å². The largest absolute Gasteiger partial charge is 0.401 e. The van der Waals surface area contributed by atoms with Crippen LogP contribution in [0.3, 0.4) is 0 Å². The lowest BCUT2D eigenvalue weighted by Gasteiger charge is -2.36. The van der Waals surface area contributed by atoms with E-state index in [1.165, 1.54) is 4.90 Å². The Kier molecular flexibility index (Phi) is 6.16. The van der Waals surface area contributed by atoms with E-state index >= 15 is 0 Å². The van der Waals surface area contributed by atoms with Crippen LogP contribution in [0, 0.1) is 0 Å². The standard InChI is InChI=1S/C21H23F3N2O/c22-21(23,24)16-25-11-13-26(14-12-25)20(27)19(18-9-5-2-6-10-18)15-17-7-3-1-4-8-17/h1-10,19H,11-16H2. The van der Waals surface area contributed by atoms with Gasteiger partial charge in [-0.2, -0.15) is 13.2 Å². The molecule has 2 aromatic rings. The predicted molar refractivity (Wildman–Crippen MR) is 98.4 cm³/mol. The molecule has 3 nitrogen and oxygen atoms in total. The Labute approximate surface area is 157 Å². The second kappa shape index (κ2) is 8.57. The first-order valence-corrected chi connectivity index (χ1v) is 9.09. The number of carbonyl (C=O) groups excluding carboxylic acids is 1. The molecule has 1 aliphatic heterocycles. The van der Waals surface area contributed by atoms with Gasteiger partial charge in [-0.15, -0.1) is 0 Å². The third-order valence-electron chi connectivity index (χ3n) is 4.87. The minimum atomic E-state index is -4.20. The molecule has 0 radical (unpaired) electrons. The average Bonchev–Trinajstić information content (AvgIpc) is 2.66. The van der Waals surface area contributed by atoms with Gasteiger partial charge in [-0.1, -0.05) is 60.7 Å². The van der Waals surface area contributed by atoms with Crippen molar-refractivity contribution in [2.75, 3.05) is 32.7 Å². The van der Waals surface area contributed by atoms with Crippen molar-refractivity contribution >= 4 is 5.91 Å². The molecule has 1 unspecified atom stereocenters. The third-order valence-corrected chi connectivity index (χ3v) is 4.87. The molecule has 3 rings (SSSR count). The Morgan fingerprint density at radius 3 is 2.00 bits per heavy atom. The van der Waals surface area contributed by atoms with Gasteiger partial charge in [0.05, 0.1) is 12.5 Å². The van der Waals surface area contributed by atoms with Gasteiger partial charge in [-0.25, -0.2) is 0 Å². The molecular weight excluding hydrogens is 353 g/mol. The summed E-state index contributed by atoms with van der Waals surface area (Å²) < 4.78 is 37.7. The predicted octanol–water partition coefficient (Wildman–Crippen LogP) is 3.72. The SMILES string of the molecule is O=C(C(Cc1ccccc1)c1ccccc1)N1CCN(CC(F)(F)F)CC1. The van der Waals surface area contributed by atoms with Crippen LogP contribution in [0.5, 0.6) is 0 Å². The van der Waals surface area contributed by atoms with Gasteiger partial charge in [0.2, 0.25) is 5.91 Å². The number of alkyl halides is 3. The smallest absolute Gasteiger partial charge is 0.340 e. The number of rotatable bonds is 5. The molecule has 27 heavy (non-hydrogen) atoms. The van der Waals surface area contributed by atoms with Crippen molar-refractivity contribution in [1.82, 2.24) is 9.80 Å². The van der Waals surface area contributed by atoms with Crippen LogP contribution in [-0.4, -0.2) is 54.6 Å². The summed E-state index contributed by atoms with van der Waals surface area (Å²) in [4.78, 5) is 16.2. The van der Waals surface area contributed by atoms with E-state index in [2.05, 4.69) is 0 Å². The Morgan fingerprint density at radius 2 is 1.44 bits per heavy atom. The van der Waals surface area contributed by atoms with E-state index in [1.807, 2.05) is 60.7 Å². The molecule has 6 heteroatoms. The van der Waals surface area contributed by atoms with Crippen LogP contribution in [0.15, 0.2) is 60.7 Å². The van der Waals surface area contributed by atoms with Crippen molar-refractivity contribution < 1.29 is 18.0 Å². The van der Waals surface area contributed by atoms with E-state index in [9.17, 15) is 18.0 Å². The number of benzene rings is 2. The van der Waals surface area contributed by atoms with Crippen molar-refractivity contribution in [3.63, 3.8) is 0 Å². The molecule has 1 saturated heterocycles. The molecule has 0 spiro atoms. The average molecular weight is 376 g/mol. The highest BCUT2D eigenvalue weighted by molar-refractivity contribution is 5.84. The molecule has 0 bridgehead atoms. The molecule has 0 saturated carbocycles. The summed E-state index contributed by atoms with van der Waals surface area (Å²) in [6.07, 6.45) is -3.63. The van der Waals surface area contributed by atoms with Gasteiger partial charge in [0, 0.05) is 26.2 Å². The number of amides is 1. The molecule has 0 N–H and O–H groups in total. The van der Waals surface area contributed by atoms with Crippen molar-refractivity contribution in [1.29, 1.82) is 0 Å². The van der Waals surface area contributed by atoms with Crippen LogP contribution in [0.25, 0.3) is 0 Å². The highest BCUT2D eigenvalue weighted by Gasteiger charge is 2.34. The zero-order chi connectivity index (χ0) is 19.3. The summed E-state index contributed by atoms with van der Waals surface area (Å²) in [5.74, 6) is -0.348. The normalized spacial score (nSPS) is 16.9. The first-order valence-electron chi connectivity index (χ1n) is 9.09. The summed E-state index contributed by atoms with van der Waals surface area (Å²) in [5, 5.41) is 0. The number of hydrogen-bond donors (Lipinski definition) is 0. The van der Waals surface area contributed by atoms with Crippen molar-refractivity contribution in [3.8, 4) is 0 Å². The number of piperazine rings is 1. The van der Waals surface area contributed by atoms with Gasteiger partial charge in [0.25, 0.3) is 0 Å². The molecule has 1 amide bonds. The van der Waals surface area contributed by atoms with Gasteiger partial charge >= 0.3 is 6.18 Å². The Balaban J connectivity index is 1.70. The second-order valence-corrected chi connectivity index (χ2v) is 6.87. The first-order chi connectivity index (χ1) is 12.9. The fourth-order valence-corrected chi connectivity index (χ4v) is 3.48. The molecule has 1 fully saturated rings. The van der Waals surface area contributed by atoms with Crippen LogP contribution in [0.4, 0.5) is 13.2 Å². The molecule has 144 valence electrons. The summed E-state index contributed by atoms with van der Waals surface area (Å²) in [6.45, 7) is 0.234. The maximum absolute atomic E-state index is 13.2. The lowest BCUT2D eigenvalue weighted by Crippen LogP contribution is -2.52. The Bertz CT molecular complexity index is 726. The van der Waals surface area contributed by atoms with E-state index in [0.29, 0.717) is 19.5 Å². The van der Waals surface area contributed by atoms with Crippen LogP contribution in [-0.2, 0) is 11.2 Å². The summed E-state index contributed by atoms with van der Waals surface area (Å²) in [5.41, 5.74) is 2.00. The van der Waals surface area contributed by atoms with Crippen LogP contribution in [0.2, 0.25) is 0 Å². The Morgan fingerprint density at radius 1 is 0.889 bits per heavy atom. The summed E-state index contributed by atoms with van der Waals surface area (Å²) >= 11 is 0. The van der Waals surface area contributed by atoms with Crippen molar-refractivity contribution in [2.24, 2.45) is 0 Å². The van der Waals surface area contributed by atoms with Gasteiger partial charge in [-0.05, 0) is 17.5 Å². The Hall–Kier alpha value is -2.34. The quantitative estimate of drug-likeness (QED) is 0.794. The number of nitrogens with zero attached hydrogens (tertiary/aromatic N) is 2. The lowest BCUT2D eigenvalue weighted by atomic mass is 9.90. The van der Waals surface area contributed by atoms with Gasteiger partial charge in [0.15, 0.2) is 0 Å². The first kappa shape index (κ1) is 19.4. The van der Waals surface area contributed by atoms with E-state index < -0.39 is 12.7 Å². The minimum absolute atomic E-state index is 0.0169. The molecule has 1 heterocycles. The molecule has 0 aliphatic carbocycles. The summed E-state index contributed by atoms with van der Waals surface area (Å²) in [6, 6.07) is 19.4. The third kappa shape index (κ3) is 5.57. The molecule has 1 aliphatic rings. The summed E-state index contributed by atoms with van der Waals surface area (Å²) in [7, 11) is 0. The lowest BCUT2D eigenvalue weighted by molar-refractivity contribution is -0.152. The zero-order valence-electron chi connectivity index (χ0n) is 15.0. The van der Waals surface area contributed by atoms with Gasteiger partial charge in [-0.3, -0.25) is 9.69 Å². The fourth-order valence-electron chi connectivity index (χ4n) is 3.48. The maximum Gasteiger partial charge on any atom is 0.401 e. The second-order valence-electron chi connectivity index (χ2n) is 6.87. The maximum atomic E-state index is 13.2. The van der Waals surface area contributed by atoms with Crippen molar-refractivity contribution in [2.45, 2.75) is 18.5 Å². The number of halogens is 3. The zero-order valence-corrected chi connectivity index (χ0v) is 15.0. The topological polar surface area (TPSA) is 23.6 Å². The highest BCUT2D eigenvalue weighted by Crippen LogP contribution is 2.25. The molecule has 2 aromatic carbocycles. The number of carbonyl (C=O) groups is 1. The molecular formula is C21H23F3N2O. The monoisotopic (exact) mass is 376 g/mol.